The highest BCUT2D eigenvalue weighted by molar-refractivity contribution is 7.15. The van der Waals surface area contributed by atoms with E-state index in [1.54, 1.807) is 24.5 Å². The van der Waals surface area contributed by atoms with E-state index in [1.165, 1.54) is 23.8 Å². The van der Waals surface area contributed by atoms with Crippen LogP contribution in [0.25, 0.3) is 6.08 Å². The highest BCUT2D eigenvalue weighted by atomic mass is 32.1. The minimum Gasteiger partial charge on any atom is -0.493 e. The number of hydrogen-bond donors (Lipinski definition) is 1. The molecule has 1 heterocycles. The number of carbonyl (C=O) groups is 1. The lowest BCUT2D eigenvalue weighted by Gasteiger charge is -2.12. The maximum Gasteiger partial charge on any atom is 0.250 e. The Morgan fingerprint density at radius 2 is 2.11 bits per heavy atom. The van der Waals surface area contributed by atoms with Gasteiger partial charge in [-0.2, -0.15) is 0 Å². The van der Waals surface area contributed by atoms with Crippen molar-refractivity contribution in [2.75, 3.05) is 19.0 Å². The number of nitrogens with one attached hydrogen (secondary N) is 1. The van der Waals surface area contributed by atoms with Crippen molar-refractivity contribution in [3.63, 3.8) is 0 Å². The van der Waals surface area contributed by atoms with Crippen LogP contribution < -0.4 is 14.8 Å². The monoisotopic (exact) mass is 400 g/mol. The summed E-state index contributed by atoms with van der Waals surface area (Å²) in [6.07, 6.45) is 8.76. The van der Waals surface area contributed by atoms with Crippen LogP contribution in [0.4, 0.5) is 5.13 Å². The number of rotatable bonds is 8. The van der Waals surface area contributed by atoms with Crippen LogP contribution in [0.1, 0.15) is 49.2 Å². The Labute approximate surface area is 170 Å². The van der Waals surface area contributed by atoms with E-state index in [4.69, 9.17) is 9.47 Å². The average molecular weight is 401 g/mol. The maximum atomic E-state index is 12.2. The molecule has 0 aliphatic heterocycles. The molecule has 0 spiro atoms. The van der Waals surface area contributed by atoms with Crippen molar-refractivity contribution >= 4 is 28.5 Å². The lowest BCUT2D eigenvalue weighted by molar-refractivity contribution is -0.111. The van der Waals surface area contributed by atoms with E-state index in [0.717, 1.165) is 36.3 Å². The van der Waals surface area contributed by atoms with Gasteiger partial charge >= 0.3 is 0 Å². The number of benzene rings is 1. The second kappa shape index (κ2) is 9.73. The number of ether oxygens (including phenoxy) is 2. The number of thiazole rings is 1. The first kappa shape index (κ1) is 20.4. The average Bonchev–Trinajstić information content (AvgIpc) is 3.08. The fraction of sp³-hybridized carbons (Fsp3) is 0.455. The molecule has 1 amide bonds. The van der Waals surface area contributed by atoms with E-state index in [-0.39, 0.29) is 5.91 Å². The third-order valence-electron chi connectivity index (χ3n) is 4.64. The van der Waals surface area contributed by atoms with E-state index in [2.05, 4.69) is 24.1 Å². The van der Waals surface area contributed by atoms with Gasteiger partial charge in [0.05, 0.1) is 19.4 Å². The zero-order chi connectivity index (χ0) is 19.9. The van der Waals surface area contributed by atoms with E-state index >= 15 is 0 Å². The number of nitrogens with zero attached hydrogens (tertiary/aromatic N) is 1. The summed E-state index contributed by atoms with van der Waals surface area (Å²) in [6, 6.07) is 5.67. The standard InChI is InChI=1S/C22H28N2O3S/c1-15(2)12-13-27-18-10-8-16(14-19(18)26-3)9-11-21(25)24-22-23-17-6-4-5-7-20(17)28-22/h8-11,14-15H,4-7,12-13H2,1-3H3,(H,23,24,25). The van der Waals surface area contributed by atoms with Gasteiger partial charge in [-0.1, -0.05) is 19.9 Å². The Morgan fingerprint density at radius 3 is 2.86 bits per heavy atom. The second-order valence-corrected chi connectivity index (χ2v) is 8.44. The molecular weight excluding hydrogens is 372 g/mol. The highest BCUT2D eigenvalue weighted by Crippen LogP contribution is 2.30. The van der Waals surface area contributed by atoms with Crippen LogP contribution in [0, 0.1) is 5.92 Å². The normalized spacial score (nSPS) is 13.6. The van der Waals surface area contributed by atoms with Gasteiger partial charge in [0, 0.05) is 11.0 Å². The molecule has 0 unspecified atom stereocenters. The summed E-state index contributed by atoms with van der Waals surface area (Å²) in [7, 11) is 1.62. The summed E-state index contributed by atoms with van der Waals surface area (Å²) in [4.78, 5) is 18.1. The summed E-state index contributed by atoms with van der Waals surface area (Å²) >= 11 is 1.59. The van der Waals surface area contributed by atoms with Crippen LogP contribution in [-0.2, 0) is 17.6 Å². The zero-order valence-corrected chi connectivity index (χ0v) is 17.6. The summed E-state index contributed by atoms with van der Waals surface area (Å²) in [5.74, 6) is 1.80. The fourth-order valence-corrected chi connectivity index (χ4v) is 4.09. The van der Waals surface area contributed by atoms with Crippen molar-refractivity contribution in [2.24, 2.45) is 5.92 Å². The van der Waals surface area contributed by atoms with Crippen molar-refractivity contribution in [3.05, 3.63) is 40.4 Å². The van der Waals surface area contributed by atoms with E-state index in [9.17, 15) is 4.79 Å². The molecule has 1 aliphatic rings. The molecule has 1 aliphatic carbocycles. The number of hydrogen-bond acceptors (Lipinski definition) is 5. The molecule has 2 aromatic rings. The van der Waals surface area contributed by atoms with Gasteiger partial charge in [-0.05, 0) is 61.8 Å². The van der Waals surface area contributed by atoms with Gasteiger partial charge < -0.3 is 9.47 Å². The summed E-state index contributed by atoms with van der Waals surface area (Å²) < 4.78 is 11.2. The van der Waals surface area contributed by atoms with Gasteiger partial charge in [-0.3, -0.25) is 10.1 Å². The molecule has 1 aromatic heterocycles. The maximum absolute atomic E-state index is 12.2. The van der Waals surface area contributed by atoms with Crippen molar-refractivity contribution in [1.82, 2.24) is 4.98 Å². The Bertz CT molecular complexity index is 819. The van der Waals surface area contributed by atoms with Crippen molar-refractivity contribution < 1.29 is 14.3 Å². The SMILES string of the molecule is COc1cc(C=CC(=O)Nc2nc3c(s2)CCCC3)ccc1OCCC(C)C. The molecule has 0 atom stereocenters. The largest absolute Gasteiger partial charge is 0.493 e. The molecule has 0 saturated carbocycles. The molecule has 1 N–H and O–H groups in total. The summed E-state index contributed by atoms with van der Waals surface area (Å²) in [5, 5.41) is 3.56. The lowest BCUT2D eigenvalue weighted by atomic mass is 10.0. The lowest BCUT2D eigenvalue weighted by Crippen LogP contribution is -2.07. The van der Waals surface area contributed by atoms with Crippen molar-refractivity contribution in [1.29, 1.82) is 0 Å². The van der Waals surface area contributed by atoms with Gasteiger partial charge in [0.25, 0.3) is 0 Å². The predicted molar refractivity (Wildman–Crippen MR) is 114 cm³/mol. The van der Waals surface area contributed by atoms with Gasteiger partial charge in [0.15, 0.2) is 16.6 Å². The number of carbonyl (C=O) groups excluding carboxylic acids is 1. The highest BCUT2D eigenvalue weighted by Gasteiger charge is 2.15. The van der Waals surface area contributed by atoms with Crippen LogP contribution >= 0.6 is 11.3 Å². The van der Waals surface area contributed by atoms with Crippen LogP contribution in [-0.4, -0.2) is 24.6 Å². The zero-order valence-electron chi connectivity index (χ0n) is 16.8. The summed E-state index contributed by atoms with van der Waals surface area (Å²) in [5.41, 5.74) is 2.02. The minimum atomic E-state index is -0.178. The number of aryl methyl sites for hydroxylation is 2. The smallest absolute Gasteiger partial charge is 0.250 e. The third kappa shape index (κ3) is 5.58. The summed E-state index contributed by atoms with van der Waals surface area (Å²) in [6.45, 7) is 4.99. The Kier molecular flexibility index (Phi) is 7.09. The third-order valence-corrected chi connectivity index (χ3v) is 5.72. The van der Waals surface area contributed by atoms with Gasteiger partial charge in [-0.15, -0.1) is 11.3 Å². The molecular formula is C22H28N2O3S. The Balaban J connectivity index is 1.59. The van der Waals surface area contributed by atoms with Crippen LogP contribution in [0.15, 0.2) is 24.3 Å². The molecule has 0 saturated heterocycles. The number of methoxy groups -OCH3 is 1. The number of anilines is 1. The number of amides is 1. The predicted octanol–water partition coefficient (Wildman–Crippen LogP) is 5.11. The van der Waals surface area contributed by atoms with Gasteiger partial charge in [0.2, 0.25) is 5.91 Å². The molecule has 28 heavy (non-hydrogen) atoms. The fourth-order valence-electron chi connectivity index (χ4n) is 3.04. The van der Waals surface area contributed by atoms with Crippen LogP contribution in [0.5, 0.6) is 11.5 Å². The van der Waals surface area contributed by atoms with Crippen molar-refractivity contribution in [3.8, 4) is 11.5 Å². The first-order valence-electron chi connectivity index (χ1n) is 9.83. The Hall–Kier alpha value is -2.34. The molecule has 150 valence electrons. The van der Waals surface area contributed by atoms with Gasteiger partial charge in [0.1, 0.15) is 0 Å². The molecule has 6 heteroatoms. The molecule has 0 radical (unpaired) electrons. The number of fused-ring (bicyclic) bond motifs is 1. The first-order valence-corrected chi connectivity index (χ1v) is 10.7. The van der Waals surface area contributed by atoms with E-state index in [0.29, 0.717) is 23.4 Å². The van der Waals surface area contributed by atoms with Crippen molar-refractivity contribution in [2.45, 2.75) is 46.0 Å². The topological polar surface area (TPSA) is 60.5 Å². The van der Waals surface area contributed by atoms with Gasteiger partial charge in [-0.25, -0.2) is 4.98 Å². The van der Waals surface area contributed by atoms with E-state index < -0.39 is 0 Å². The first-order chi connectivity index (χ1) is 13.5. The molecule has 1 aromatic carbocycles. The number of aromatic nitrogens is 1. The molecule has 0 fully saturated rings. The quantitative estimate of drug-likeness (QED) is 0.626. The van der Waals surface area contributed by atoms with Crippen LogP contribution in [0.2, 0.25) is 0 Å². The molecule has 3 rings (SSSR count). The Morgan fingerprint density at radius 1 is 1.29 bits per heavy atom. The van der Waals surface area contributed by atoms with E-state index in [1.807, 2.05) is 18.2 Å². The molecule has 0 bridgehead atoms. The second-order valence-electron chi connectivity index (χ2n) is 7.36. The van der Waals surface area contributed by atoms with Crippen LogP contribution in [0.3, 0.4) is 0 Å². The minimum absolute atomic E-state index is 0.178. The molecule has 5 nitrogen and oxygen atoms in total.